The Labute approximate surface area is 200 Å². The number of alkyl carbamates (subject to hydrolysis) is 1. The first kappa shape index (κ1) is 25.0. The fraction of sp³-hybridized carbons (Fsp3) is 0.370. The zero-order chi connectivity index (χ0) is 24.6. The molecule has 3 N–H and O–H groups in total. The monoisotopic (exact) mass is 463 g/mol. The van der Waals surface area contributed by atoms with Crippen LogP contribution in [-0.2, 0) is 27.2 Å². The van der Waals surface area contributed by atoms with Crippen molar-refractivity contribution in [3.63, 3.8) is 0 Å². The number of amides is 2. The molecular weight excluding hydrogens is 430 g/mol. The van der Waals surface area contributed by atoms with Crippen LogP contribution in [0.2, 0.25) is 0 Å². The van der Waals surface area contributed by atoms with E-state index in [-0.39, 0.29) is 11.9 Å². The smallest absolute Gasteiger partial charge is 0.408 e. The summed E-state index contributed by atoms with van der Waals surface area (Å²) >= 11 is 0. The van der Waals surface area contributed by atoms with Gasteiger partial charge in [0.2, 0.25) is 5.91 Å². The normalized spacial score (nSPS) is 13.1. The van der Waals surface area contributed by atoms with Crippen LogP contribution in [0, 0.1) is 0 Å². The maximum absolute atomic E-state index is 13.3. The summed E-state index contributed by atoms with van der Waals surface area (Å²) in [7, 11) is 0. The number of carbonyl (C=O) groups is 3. The minimum absolute atomic E-state index is 0.268. The molecule has 0 aliphatic carbocycles. The lowest BCUT2D eigenvalue weighted by Gasteiger charge is -2.25. The third-order valence-electron chi connectivity index (χ3n) is 5.41. The molecule has 0 aliphatic heterocycles. The molecule has 3 aromatic rings. The van der Waals surface area contributed by atoms with E-state index >= 15 is 0 Å². The maximum atomic E-state index is 13.3. The number of fused-ring (bicyclic) bond motifs is 1. The Hall–Kier alpha value is -3.61. The third kappa shape index (κ3) is 7.47. The number of ether oxygens (including phenoxy) is 1. The maximum Gasteiger partial charge on any atom is 0.408 e. The quantitative estimate of drug-likeness (QED) is 0.390. The highest BCUT2D eigenvalue weighted by Crippen LogP contribution is 2.20. The fourth-order valence-corrected chi connectivity index (χ4v) is 3.87. The van der Waals surface area contributed by atoms with Crippen LogP contribution in [-0.4, -0.2) is 41.0 Å². The van der Waals surface area contributed by atoms with Crippen molar-refractivity contribution in [3.8, 4) is 0 Å². The van der Waals surface area contributed by atoms with Crippen LogP contribution in [0.5, 0.6) is 0 Å². The molecule has 2 aromatic carbocycles. The van der Waals surface area contributed by atoms with Gasteiger partial charge in [-0.15, -0.1) is 0 Å². The van der Waals surface area contributed by atoms with E-state index in [1.807, 2.05) is 60.8 Å². The van der Waals surface area contributed by atoms with Crippen LogP contribution in [0.1, 0.15) is 44.7 Å². The third-order valence-corrected chi connectivity index (χ3v) is 5.41. The van der Waals surface area contributed by atoms with Crippen molar-refractivity contribution in [2.45, 2.75) is 64.1 Å². The summed E-state index contributed by atoms with van der Waals surface area (Å²) < 4.78 is 5.38. The Morgan fingerprint density at radius 3 is 2.41 bits per heavy atom. The number of carbonyl (C=O) groups excluding carboxylic acids is 3. The number of hydrogen-bond donors (Lipinski definition) is 3. The van der Waals surface area contributed by atoms with Crippen molar-refractivity contribution in [1.29, 1.82) is 0 Å². The SMILES string of the molecule is CC(C)(C)OC(=O)N[C@@H](Cc1ccccc1)C(=O)N[C@H](CCC=O)Cc1c[nH]c2ccccc12. The van der Waals surface area contributed by atoms with Gasteiger partial charge in [0.15, 0.2) is 0 Å². The van der Waals surface area contributed by atoms with Crippen LogP contribution in [0.15, 0.2) is 60.8 Å². The minimum atomic E-state index is -0.820. The summed E-state index contributed by atoms with van der Waals surface area (Å²) in [6.07, 6.45) is 3.85. The topological polar surface area (TPSA) is 100 Å². The average molecular weight is 464 g/mol. The van der Waals surface area contributed by atoms with Crippen LogP contribution in [0.25, 0.3) is 10.9 Å². The zero-order valence-corrected chi connectivity index (χ0v) is 20.0. The van der Waals surface area contributed by atoms with E-state index in [1.54, 1.807) is 20.8 Å². The van der Waals surface area contributed by atoms with Crippen molar-refractivity contribution >= 4 is 29.2 Å². The molecular formula is C27H33N3O4. The Bertz CT molecular complexity index is 1100. The van der Waals surface area contributed by atoms with Gasteiger partial charge in [-0.1, -0.05) is 48.5 Å². The molecule has 1 heterocycles. The fourth-order valence-electron chi connectivity index (χ4n) is 3.87. The lowest BCUT2D eigenvalue weighted by atomic mass is 10.00. The van der Waals surface area contributed by atoms with Gasteiger partial charge < -0.3 is 25.1 Å². The zero-order valence-electron chi connectivity index (χ0n) is 20.0. The highest BCUT2D eigenvalue weighted by molar-refractivity contribution is 5.86. The molecule has 34 heavy (non-hydrogen) atoms. The average Bonchev–Trinajstić information content (AvgIpc) is 3.19. The Kier molecular flexibility index (Phi) is 8.46. The van der Waals surface area contributed by atoms with Crippen LogP contribution < -0.4 is 10.6 Å². The number of H-pyrrole nitrogens is 1. The first-order valence-electron chi connectivity index (χ1n) is 11.6. The number of aromatic amines is 1. The highest BCUT2D eigenvalue weighted by Gasteiger charge is 2.26. The number of nitrogens with one attached hydrogen (secondary N) is 3. The molecule has 2 atom stereocenters. The number of aldehydes is 1. The van der Waals surface area contributed by atoms with E-state index in [1.165, 1.54) is 0 Å². The summed E-state index contributed by atoms with van der Waals surface area (Å²) in [6, 6.07) is 16.4. The number of rotatable bonds is 10. The van der Waals surface area contributed by atoms with Crippen molar-refractivity contribution in [2.75, 3.05) is 0 Å². The van der Waals surface area contributed by atoms with E-state index in [9.17, 15) is 14.4 Å². The number of para-hydroxylation sites is 1. The standard InChI is InChI=1S/C27H33N3O4/c1-27(2,3)34-26(33)30-24(16-19-10-5-4-6-11-19)25(32)29-21(12-9-15-31)17-20-18-28-23-14-8-7-13-22(20)23/h4-8,10-11,13-15,18,21,24,28H,9,12,16-17H2,1-3H3,(H,29,32)(H,30,33)/t21-,24+/m1/s1. The summed E-state index contributed by atoms with van der Waals surface area (Å²) in [5, 5.41) is 6.87. The molecule has 7 nitrogen and oxygen atoms in total. The first-order chi connectivity index (χ1) is 16.2. The molecule has 1 aromatic heterocycles. The molecule has 0 bridgehead atoms. The van der Waals surface area contributed by atoms with Gasteiger partial charge in [-0.05, 0) is 50.8 Å². The van der Waals surface area contributed by atoms with Crippen LogP contribution in [0.3, 0.4) is 0 Å². The van der Waals surface area contributed by atoms with Crippen molar-refractivity contribution in [2.24, 2.45) is 0 Å². The molecule has 0 spiro atoms. The molecule has 0 aliphatic rings. The Balaban J connectivity index is 1.76. The highest BCUT2D eigenvalue weighted by atomic mass is 16.6. The lowest BCUT2D eigenvalue weighted by molar-refractivity contribution is -0.124. The van der Waals surface area contributed by atoms with Gasteiger partial charge in [-0.2, -0.15) is 0 Å². The van der Waals surface area contributed by atoms with Gasteiger partial charge in [-0.25, -0.2) is 4.79 Å². The number of benzene rings is 2. The van der Waals surface area contributed by atoms with Crippen LogP contribution in [0.4, 0.5) is 4.79 Å². The predicted molar refractivity (Wildman–Crippen MR) is 133 cm³/mol. The second-order valence-corrected chi connectivity index (χ2v) is 9.40. The Morgan fingerprint density at radius 1 is 1.00 bits per heavy atom. The Morgan fingerprint density at radius 2 is 1.71 bits per heavy atom. The summed E-state index contributed by atoms with van der Waals surface area (Å²) in [5.74, 6) is -0.314. The number of aromatic nitrogens is 1. The van der Waals surface area contributed by atoms with E-state index in [0.29, 0.717) is 25.7 Å². The van der Waals surface area contributed by atoms with Crippen molar-refractivity contribution < 1.29 is 19.1 Å². The molecule has 2 amide bonds. The van der Waals surface area contributed by atoms with E-state index in [4.69, 9.17) is 4.74 Å². The second-order valence-electron chi connectivity index (χ2n) is 9.40. The van der Waals surface area contributed by atoms with Gasteiger partial charge in [-0.3, -0.25) is 4.79 Å². The van der Waals surface area contributed by atoms with E-state index in [0.717, 1.165) is 28.3 Å². The van der Waals surface area contributed by atoms with Crippen LogP contribution >= 0.6 is 0 Å². The van der Waals surface area contributed by atoms with Gasteiger partial charge >= 0.3 is 6.09 Å². The summed E-state index contributed by atoms with van der Waals surface area (Å²) in [5.41, 5.74) is 2.32. The molecule has 180 valence electrons. The molecule has 0 fully saturated rings. The largest absolute Gasteiger partial charge is 0.444 e. The molecule has 0 saturated heterocycles. The van der Waals surface area contributed by atoms with Gasteiger partial charge in [0.25, 0.3) is 0 Å². The first-order valence-corrected chi connectivity index (χ1v) is 11.6. The van der Waals surface area contributed by atoms with E-state index < -0.39 is 17.7 Å². The molecule has 7 heteroatoms. The van der Waals surface area contributed by atoms with Gasteiger partial charge in [0, 0.05) is 36.0 Å². The predicted octanol–water partition coefficient (Wildman–Crippen LogP) is 4.31. The van der Waals surface area contributed by atoms with Crippen molar-refractivity contribution in [1.82, 2.24) is 15.6 Å². The van der Waals surface area contributed by atoms with Gasteiger partial charge in [0.05, 0.1) is 0 Å². The minimum Gasteiger partial charge on any atom is -0.444 e. The second kappa shape index (κ2) is 11.5. The summed E-state index contributed by atoms with van der Waals surface area (Å²) in [6.45, 7) is 5.32. The molecule has 0 radical (unpaired) electrons. The lowest BCUT2D eigenvalue weighted by Crippen LogP contribution is -2.52. The van der Waals surface area contributed by atoms with E-state index in [2.05, 4.69) is 15.6 Å². The molecule has 3 rings (SSSR count). The summed E-state index contributed by atoms with van der Waals surface area (Å²) in [4.78, 5) is 40.1. The number of hydrogen-bond acceptors (Lipinski definition) is 4. The molecule has 0 unspecified atom stereocenters. The van der Waals surface area contributed by atoms with Gasteiger partial charge in [0.1, 0.15) is 17.9 Å². The van der Waals surface area contributed by atoms with Crippen molar-refractivity contribution in [3.05, 3.63) is 71.9 Å². The molecule has 0 saturated carbocycles.